The molecule has 0 aliphatic heterocycles. The number of unbranched alkanes of at least 4 members (excludes halogenated alkanes) is 6. The first-order valence-electron chi connectivity index (χ1n) is 10.3. The van der Waals surface area contributed by atoms with Crippen LogP contribution in [-0.2, 0) is 34.3 Å². The molecule has 1 aromatic carbocycles. The molecule has 0 saturated carbocycles. The Labute approximate surface area is 173 Å². The van der Waals surface area contributed by atoms with E-state index in [1.807, 2.05) is 13.8 Å². The lowest BCUT2D eigenvalue weighted by atomic mass is 10.0. The minimum Gasteiger partial charge on any atom is -0.263 e. The predicted octanol–water partition coefficient (Wildman–Crippen LogP) is 5.27. The van der Waals surface area contributed by atoms with E-state index in [1.54, 1.807) is 24.3 Å². The summed E-state index contributed by atoms with van der Waals surface area (Å²) in [6, 6.07) is 6.75. The Morgan fingerprint density at radius 1 is 0.897 bits per heavy atom. The van der Waals surface area contributed by atoms with Gasteiger partial charge in [-0.25, -0.2) is 10.1 Å². The quantitative estimate of drug-likeness (QED) is 0.144. The van der Waals surface area contributed by atoms with Gasteiger partial charge in [0.25, 0.3) is 10.1 Å². The van der Waals surface area contributed by atoms with E-state index in [9.17, 15) is 8.42 Å². The lowest BCUT2D eigenvalue weighted by Crippen LogP contribution is -2.18. The van der Waals surface area contributed by atoms with Crippen molar-refractivity contribution in [3.63, 3.8) is 0 Å². The van der Waals surface area contributed by atoms with Crippen molar-refractivity contribution in [3.05, 3.63) is 29.8 Å². The molecule has 0 saturated heterocycles. The van der Waals surface area contributed by atoms with E-state index in [2.05, 4.69) is 20.0 Å². The number of rotatable bonds is 18. The summed E-state index contributed by atoms with van der Waals surface area (Å²) in [6.45, 7) is 4.31. The highest BCUT2D eigenvalue weighted by Crippen LogP contribution is 2.21. The van der Waals surface area contributed by atoms with Gasteiger partial charge < -0.3 is 0 Å². The molecular formula is C20H34O8S. The van der Waals surface area contributed by atoms with Gasteiger partial charge in [0, 0.05) is 0 Å². The van der Waals surface area contributed by atoms with Crippen molar-refractivity contribution in [2.24, 2.45) is 0 Å². The van der Waals surface area contributed by atoms with Crippen LogP contribution in [0.2, 0.25) is 0 Å². The van der Waals surface area contributed by atoms with Crippen molar-refractivity contribution in [1.82, 2.24) is 0 Å². The Kier molecular flexibility index (Phi) is 14.1. The Balaban J connectivity index is 2.19. The van der Waals surface area contributed by atoms with E-state index in [0.717, 1.165) is 69.8 Å². The summed E-state index contributed by atoms with van der Waals surface area (Å²) >= 11 is 0. The highest BCUT2D eigenvalue weighted by molar-refractivity contribution is 7.86. The minimum absolute atomic E-state index is 0.217. The molecule has 8 nitrogen and oxygen atoms in total. The van der Waals surface area contributed by atoms with E-state index >= 15 is 0 Å². The average molecular weight is 435 g/mol. The van der Waals surface area contributed by atoms with Gasteiger partial charge in [0.1, 0.15) is 0 Å². The summed E-state index contributed by atoms with van der Waals surface area (Å²) in [5.41, 5.74) is 1.01. The van der Waals surface area contributed by atoms with Crippen LogP contribution in [0, 0.1) is 6.92 Å². The van der Waals surface area contributed by atoms with Crippen LogP contribution >= 0.6 is 0 Å². The van der Waals surface area contributed by atoms with Crippen molar-refractivity contribution in [2.45, 2.75) is 89.1 Å². The van der Waals surface area contributed by atoms with Gasteiger partial charge in [0.2, 0.25) is 0 Å². The molecule has 0 bridgehead atoms. The van der Waals surface area contributed by atoms with Crippen LogP contribution in [0.5, 0.6) is 0 Å². The zero-order chi connectivity index (χ0) is 21.4. The molecule has 29 heavy (non-hydrogen) atoms. The van der Waals surface area contributed by atoms with Crippen molar-refractivity contribution in [3.8, 4) is 0 Å². The zero-order valence-corrected chi connectivity index (χ0v) is 18.2. The van der Waals surface area contributed by atoms with Gasteiger partial charge in [-0.05, 0) is 53.4 Å². The van der Waals surface area contributed by atoms with Gasteiger partial charge in [-0.2, -0.15) is 8.42 Å². The Hall–Kier alpha value is -1.07. The second kappa shape index (κ2) is 15.7. The normalized spacial score (nSPS) is 12.9. The van der Waals surface area contributed by atoms with Crippen molar-refractivity contribution in [2.75, 3.05) is 6.61 Å². The Morgan fingerprint density at radius 2 is 1.52 bits per heavy atom. The molecule has 0 spiro atoms. The molecule has 1 atom stereocenters. The van der Waals surface area contributed by atoms with Gasteiger partial charge >= 0.3 is 0 Å². The van der Waals surface area contributed by atoms with Crippen LogP contribution in [0.25, 0.3) is 0 Å². The fourth-order valence-corrected chi connectivity index (χ4v) is 4.12. The van der Waals surface area contributed by atoms with Crippen LogP contribution in [-0.4, -0.2) is 26.4 Å². The Morgan fingerprint density at radius 3 is 2.14 bits per heavy atom. The Bertz CT molecular complexity index is 618. The highest BCUT2D eigenvalue weighted by Gasteiger charge is 2.21. The summed E-state index contributed by atoms with van der Waals surface area (Å²) < 4.78 is 30.5. The van der Waals surface area contributed by atoms with E-state index < -0.39 is 10.1 Å². The fourth-order valence-electron chi connectivity index (χ4n) is 2.99. The first-order chi connectivity index (χ1) is 14.0. The monoisotopic (exact) mass is 434 g/mol. The van der Waals surface area contributed by atoms with Gasteiger partial charge in [-0.15, -0.1) is 0 Å². The molecular weight excluding hydrogens is 400 g/mol. The summed E-state index contributed by atoms with van der Waals surface area (Å²) in [5.74, 6) is 0. The van der Waals surface area contributed by atoms with Crippen LogP contribution in [0.4, 0.5) is 0 Å². The first-order valence-corrected chi connectivity index (χ1v) is 11.7. The van der Waals surface area contributed by atoms with Crippen molar-refractivity contribution < 1.29 is 37.9 Å². The topological polar surface area (TPSA) is 101 Å². The average Bonchev–Trinajstić information content (AvgIpc) is 2.69. The number of benzene rings is 1. The number of aryl methyl sites for hydroxylation is 1. The second-order valence-electron chi connectivity index (χ2n) is 7.07. The molecule has 0 aliphatic carbocycles. The highest BCUT2D eigenvalue weighted by atomic mass is 32.2. The molecule has 0 aliphatic rings. The summed E-state index contributed by atoms with van der Waals surface area (Å²) in [5, 5.41) is 18.8. The van der Waals surface area contributed by atoms with Gasteiger partial charge in [0.05, 0.1) is 17.6 Å². The summed E-state index contributed by atoms with van der Waals surface area (Å²) in [6.07, 6.45) is 9.20. The number of hydrogen-bond acceptors (Lipinski definition) is 8. The lowest BCUT2D eigenvalue weighted by molar-refractivity contribution is -0.702. The molecule has 1 rings (SSSR count). The minimum atomic E-state index is -3.72. The lowest BCUT2D eigenvalue weighted by Gasteiger charge is -2.17. The predicted molar refractivity (Wildman–Crippen MR) is 107 cm³/mol. The maximum absolute atomic E-state index is 12.5. The molecule has 0 radical (unpaired) electrons. The van der Waals surface area contributed by atoms with E-state index in [4.69, 9.17) is 9.44 Å². The summed E-state index contributed by atoms with van der Waals surface area (Å²) in [7, 11) is -3.72. The van der Waals surface area contributed by atoms with Crippen molar-refractivity contribution >= 4 is 10.1 Å². The van der Waals surface area contributed by atoms with Gasteiger partial charge in [0.15, 0.2) is 0 Å². The molecule has 1 N–H and O–H groups in total. The first kappa shape index (κ1) is 26.0. The van der Waals surface area contributed by atoms with E-state index in [1.165, 1.54) is 0 Å². The van der Waals surface area contributed by atoms with Crippen LogP contribution in [0.3, 0.4) is 0 Å². The standard InChI is InChI=1S/C20H34O8S/c1-3-11-19(25-29(22,23)20-15-13-18(2)14-16-20)12-9-7-5-4-6-8-10-17-24-27-28-26-21/h13-16,19,21H,3-12,17H2,1-2H3. The van der Waals surface area contributed by atoms with Gasteiger partial charge in [-0.3, -0.25) is 4.18 Å². The van der Waals surface area contributed by atoms with E-state index in [0.29, 0.717) is 6.61 Å². The smallest absolute Gasteiger partial charge is 0.263 e. The zero-order valence-electron chi connectivity index (χ0n) is 17.4. The van der Waals surface area contributed by atoms with Gasteiger partial charge in [-0.1, -0.05) is 69.6 Å². The molecule has 1 aromatic rings. The van der Waals surface area contributed by atoms with Crippen LogP contribution in [0.15, 0.2) is 29.2 Å². The molecule has 0 heterocycles. The molecule has 0 fully saturated rings. The third-order valence-corrected chi connectivity index (χ3v) is 5.92. The third kappa shape index (κ3) is 12.3. The summed E-state index contributed by atoms with van der Waals surface area (Å²) in [4.78, 5) is 4.79. The molecule has 1 unspecified atom stereocenters. The maximum Gasteiger partial charge on any atom is 0.297 e. The molecule has 0 aromatic heterocycles. The number of hydrogen-bond donors (Lipinski definition) is 1. The van der Waals surface area contributed by atoms with Crippen molar-refractivity contribution in [1.29, 1.82) is 0 Å². The second-order valence-corrected chi connectivity index (χ2v) is 8.64. The van der Waals surface area contributed by atoms with Crippen LogP contribution < -0.4 is 0 Å². The maximum atomic E-state index is 12.5. The fraction of sp³-hybridized carbons (Fsp3) is 0.700. The molecule has 0 amide bonds. The van der Waals surface area contributed by atoms with Crippen LogP contribution in [0.1, 0.15) is 76.7 Å². The largest absolute Gasteiger partial charge is 0.297 e. The molecule has 9 heteroatoms. The third-order valence-electron chi connectivity index (χ3n) is 4.54. The SMILES string of the molecule is CCCC(CCCCCCCCCOOOOO)OS(=O)(=O)c1ccc(C)cc1. The van der Waals surface area contributed by atoms with E-state index in [-0.39, 0.29) is 11.0 Å². The molecule has 168 valence electrons.